The topological polar surface area (TPSA) is 63.1 Å². The number of nitrogens with zero attached hydrogens (tertiary/aromatic N) is 2. The molecule has 4 nitrogen and oxygen atoms in total. The summed E-state index contributed by atoms with van der Waals surface area (Å²) in [5.41, 5.74) is 1.18. The molecule has 0 amide bonds. The van der Waals surface area contributed by atoms with E-state index >= 15 is 0 Å². The highest BCUT2D eigenvalue weighted by Gasteiger charge is 2.54. The lowest BCUT2D eigenvalue weighted by atomic mass is 9.86. The quantitative estimate of drug-likeness (QED) is 0.907. The number of carboxylic acids is 1. The maximum Gasteiger partial charge on any atom is 0.317 e. The Morgan fingerprint density at radius 3 is 2.53 bits per heavy atom. The summed E-state index contributed by atoms with van der Waals surface area (Å²) in [5.74, 6) is 0.270. The lowest BCUT2D eigenvalue weighted by Crippen LogP contribution is -2.24. The molecular weight excluding hydrogens is 240 g/mol. The second kappa shape index (κ2) is 4.58. The fourth-order valence-electron chi connectivity index (χ4n) is 3.07. The molecule has 0 radical (unpaired) electrons. The van der Waals surface area contributed by atoms with Crippen LogP contribution in [0.2, 0.25) is 0 Å². The highest BCUT2D eigenvalue weighted by atomic mass is 16.4. The summed E-state index contributed by atoms with van der Waals surface area (Å²) in [6.45, 7) is 1.94. The summed E-state index contributed by atoms with van der Waals surface area (Å²) in [5, 5.41) is 9.37. The normalized spacial score (nSPS) is 22.2. The molecule has 1 heterocycles. The fraction of sp³-hybridized carbons (Fsp3) is 0.667. The standard InChI is InChI=1S/C15H20N2O2/c1-10-9-12(11-5-3-2-4-6-11)17-13(16-10)15(7-8-15)14(18)19/h9,11H,2-8H2,1H3,(H,18,19). The van der Waals surface area contributed by atoms with E-state index in [4.69, 9.17) is 0 Å². The molecular formula is C15H20N2O2. The molecule has 2 aliphatic carbocycles. The van der Waals surface area contributed by atoms with Gasteiger partial charge in [-0.25, -0.2) is 9.97 Å². The number of carbonyl (C=O) groups is 1. The number of aliphatic carboxylic acids is 1. The van der Waals surface area contributed by atoms with Crippen molar-refractivity contribution in [3.8, 4) is 0 Å². The highest BCUT2D eigenvalue weighted by molar-refractivity contribution is 5.83. The molecule has 0 atom stereocenters. The lowest BCUT2D eigenvalue weighted by molar-refractivity contribution is -0.140. The maximum atomic E-state index is 11.4. The number of aromatic nitrogens is 2. The van der Waals surface area contributed by atoms with Crippen LogP contribution in [0.25, 0.3) is 0 Å². The zero-order valence-corrected chi connectivity index (χ0v) is 11.4. The van der Waals surface area contributed by atoms with Gasteiger partial charge in [-0.3, -0.25) is 4.79 Å². The zero-order chi connectivity index (χ0) is 13.5. The Morgan fingerprint density at radius 1 is 1.26 bits per heavy atom. The highest BCUT2D eigenvalue weighted by Crippen LogP contribution is 2.47. The van der Waals surface area contributed by atoms with Crippen LogP contribution in [0.5, 0.6) is 0 Å². The largest absolute Gasteiger partial charge is 0.480 e. The van der Waals surface area contributed by atoms with Gasteiger partial charge >= 0.3 is 5.97 Å². The second-order valence-electron chi connectivity index (χ2n) is 5.98. The average Bonchev–Trinajstić information content (AvgIpc) is 3.20. The number of carboxylic acid groups (broad SMARTS) is 1. The molecule has 3 rings (SSSR count). The van der Waals surface area contributed by atoms with Gasteiger partial charge in [0.15, 0.2) is 0 Å². The van der Waals surface area contributed by atoms with E-state index in [2.05, 4.69) is 9.97 Å². The van der Waals surface area contributed by atoms with Crippen molar-refractivity contribution < 1.29 is 9.90 Å². The SMILES string of the molecule is Cc1cc(C2CCCCC2)nc(C2(C(=O)O)CC2)n1. The molecule has 102 valence electrons. The van der Waals surface area contributed by atoms with Crippen molar-refractivity contribution in [2.75, 3.05) is 0 Å². The number of hydrogen-bond donors (Lipinski definition) is 1. The van der Waals surface area contributed by atoms with Crippen LogP contribution in [0, 0.1) is 6.92 Å². The van der Waals surface area contributed by atoms with Gasteiger partial charge in [-0.1, -0.05) is 19.3 Å². The first-order valence-corrected chi connectivity index (χ1v) is 7.21. The minimum absolute atomic E-state index is 0.499. The second-order valence-corrected chi connectivity index (χ2v) is 5.98. The van der Waals surface area contributed by atoms with Gasteiger partial charge in [-0.2, -0.15) is 0 Å². The third-order valence-electron chi connectivity index (χ3n) is 4.48. The molecule has 2 aliphatic rings. The summed E-state index contributed by atoms with van der Waals surface area (Å²) >= 11 is 0. The van der Waals surface area contributed by atoms with Gasteiger partial charge in [-0.05, 0) is 38.7 Å². The Hall–Kier alpha value is -1.45. The van der Waals surface area contributed by atoms with E-state index in [1.165, 1.54) is 32.1 Å². The van der Waals surface area contributed by atoms with Crippen LogP contribution in [-0.2, 0) is 10.2 Å². The zero-order valence-electron chi connectivity index (χ0n) is 11.4. The fourth-order valence-corrected chi connectivity index (χ4v) is 3.07. The van der Waals surface area contributed by atoms with Crippen LogP contribution < -0.4 is 0 Å². The maximum absolute atomic E-state index is 11.4. The van der Waals surface area contributed by atoms with Crippen LogP contribution in [0.1, 0.15) is 68.1 Å². The summed E-state index contributed by atoms with van der Waals surface area (Å²) in [7, 11) is 0. The predicted molar refractivity (Wildman–Crippen MR) is 71.1 cm³/mol. The predicted octanol–water partition coefficient (Wildman–Crippen LogP) is 2.95. The third-order valence-corrected chi connectivity index (χ3v) is 4.48. The van der Waals surface area contributed by atoms with Gasteiger partial charge in [0.1, 0.15) is 11.2 Å². The first-order chi connectivity index (χ1) is 9.12. The van der Waals surface area contributed by atoms with E-state index in [0.717, 1.165) is 11.4 Å². The molecule has 4 heteroatoms. The molecule has 2 saturated carbocycles. The van der Waals surface area contributed by atoms with Gasteiger partial charge in [0.25, 0.3) is 0 Å². The van der Waals surface area contributed by atoms with E-state index < -0.39 is 11.4 Å². The first-order valence-electron chi connectivity index (χ1n) is 7.21. The van der Waals surface area contributed by atoms with E-state index in [1.54, 1.807) is 0 Å². The van der Waals surface area contributed by atoms with Gasteiger partial charge in [0.2, 0.25) is 0 Å². The summed E-state index contributed by atoms with van der Waals surface area (Å²) in [6, 6.07) is 2.04. The van der Waals surface area contributed by atoms with Crippen molar-refractivity contribution in [3.05, 3.63) is 23.3 Å². The van der Waals surface area contributed by atoms with Gasteiger partial charge in [0.05, 0.1) is 0 Å². The molecule has 0 saturated heterocycles. The smallest absolute Gasteiger partial charge is 0.317 e. The number of aryl methyl sites for hydroxylation is 1. The number of hydrogen-bond acceptors (Lipinski definition) is 3. The third kappa shape index (κ3) is 2.24. The summed E-state index contributed by atoms with van der Waals surface area (Å²) < 4.78 is 0. The molecule has 0 spiro atoms. The lowest BCUT2D eigenvalue weighted by Gasteiger charge is -2.22. The Morgan fingerprint density at radius 2 is 1.95 bits per heavy atom. The number of rotatable bonds is 3. The Kier molecular flexibility index (Phi) is 3.03. The molecule has 0 bridgehead atoms. The summed E-state index contributed by atoms with van der Waals surface area (Å²) in [6.07, 6.45) is 7.53. The van der Waals surface area contributed by atoms with Crippen LogP contribution in [0.15, 0.2) is 6.07 Å². The van der Waals surface area contributed by atoms with E-state index in [9.17, 15) is 9.90 Å². The van der Waals surface area contributed by atoms with Gasteiger partial charge in [0, 0.05) is 17.3 Å². The first kappa shape index (κ1) is 12.6. The summed E-state index contributed by atoms with van der Waals surface area (Å²) in [4.78, 5) is 20.4. The minimum atomic E-state index is -0.782. The van der Waals surface area contributed by atoms with E-state index in [1.807, 2.05) is 13.0 Å². The monoisotopic (exact) mass is 260 g/mol. The Bertz CT molecular complexity index is 503. The molecule has 1 aromatic rings. The molecule has 1 aromatic heterocycles. The minimum Gasteiger partial charge on any atom is -0.480 e. The van der Waals surface area contributed by atoms with Crippen molar-refractivity contribution in [1.82, 2.24) is 9.97 Å². The van der Waals surface area contributed by atoms with Crippen LogP contribution in [-0.4, -0.2) is 21.0 Å². The van der Waals surface area contributed by atoms with E-state index in [-0.39, 0.29) is 0 Å². The van der Waals surface area contributed by atoms with Crippen molar-refractivity contribution in [1.29, 1.82) is 0 Å². The van der Waals surface area contributed by atoms with E-state index in [0.29, 0.717) is 24.6 Å². The van der Waals surface area contributed by atoms with Crippen molar-refractivity contribution >= 4 is 5.97 Å². The molecule has 1 N–H and O–H groups in total. The Balaban J connectivity index is 1.94. The average molecular weight is 260 g/mol. The van der Waals surface area contributed by atoms with Gasteiger partial charge in [-0.15, -0.1) is 0 Å². The van der Waals surface area contributed by atoms with Crippen molar-refractivity contribution in [3.63, 3.8) is 0 Å². The molecule has 2 fully saturated rings. The Labute approximate surface area is 113 Å². The molecule has 0 unspecified atom stereocenters. The van der Waals surface area contributed by atoms with Crippen molar-refractivity contribution in [2.24, 2.45) is 0 Å². The molecule has 0 aromatic carbocycles. The van der Waals surface area contributed by atoms with Crippen LogP contribution >= 0.6 is 0 Å². The van der Waals surface area contributed by atoms with Gasteiger partial charge < -0.3 is 5.11 Å². The van der Waals surface area contributed by atoms with Crippen LogP contribution in [0.4, 0.5) is 0 Å². The van der Waals surface area contributed by atoms with Crippen molar-refractivity contribution in [2.45, 2.75) is 63.2 Å². The molecule has 19 heavy (non-hydrogen) atoms. The molecule has 0 aliphatic heterocycles. The van der Waals surface area contributed by atoms with Crippen LogP contribution in [0.3, 0.4) is 0 Å².